The zero-order chi connectivity index (χ0) is 26.7. The maximum Gasteiger partial charge on any atom is 0.308 e. The monoisotopic (exact) mass is 506 g/mol. The van der Waals surface area contributed by atoms with Gasteiger partial charge in [-0.05, 0) is 42.9 Å². The average molecular weight is 507 g/mol. The molecule has 4 rings (SSSR count). The fourth-order valence-corrected chi connectivity index (χ4v) is 4.61. The van der Waals surface area contributed by atoms with E-state index in [4.69, 9.17) is 13.9 Å². The molecule has 1 amide bonds. The van der Waals surface area contributed by atoms with Crippen molar-refractivity contribution in [3.8, 4) is 11.5 Å². The molecular formula is C28H30N2O7. The van der Waals surface area contributed by atoms with Gasteiger partial charge in [0.1, 0.15) is 5.75 Å². The van der Waals surface area contributed by atoms with Gasteiger partial charge in [-0.2, -0.15) is 0 Å². The summed E-state index contributed by atoms with van der Waals surface area (Å²) in [5.74, 6) is -1.68. The van der Waals surface area contributed by atoms with Crippen LogP contribution in [0.1, 0.15) is 42.9 Å². The van der Waals surface area contributed by atoms with Crippen LogP contribution in [-0.2, 0) is 9.59 Å². The zero-order valence-corrected chi connectivity index (χ0v) is 21.3. The van der Waals surface area contributed by atoms with Crippen LogP contribution in [0, 0.1) is 0 Å². The number of Topliss-reactive ketones (excluding diaryl/α,β-unsaturated/α-hetero) is 1. The minimum atomic E-state index is -0.902. The Morgan fingerprint density at radius 1 is 1.11 bits per heavy atom. The number of ketones is 1. The van der Waals surface area contributed by atoms with E-state index in [0.29, 0.717) is 28.8 Å². The number of furan rings is 1. The van der Waals surface area contributed by atoms with E-state index in [-0.39, 0.29) is 23.6 Å². The Kier molecular flexibility index (Phi) is 7.63. The number of methoxy groups -OCH3 is 1. The van der Waals surface area contributed by atoms with Gasteiger partial charge in [0, 0.05) is 25.4 Å². The molecule has 37 heavy (non-hydrogen) atoms. The quantitative estimate of drug-likeness (QED) is 0.246. The summed E-state index contributed by atoms with van der Waals surface area (Å²) >= 11 is 0. The highest BCUT2D eigenvalue weighted by atomic mass is 16.5. The highest BCUT2D eigenvalue weighted by Crippen LogP contribution is 2.41. The molecule has 1 unspecified atom stereocenters. The van der Waals surface area contributed by atoms with Gasteiger partial charge in [0.05, 0.1) is 18.7 Å². The average Bonchev–Trinajstić information content (AvgIpc) is 3.43. The van der Waals surface area contributed by atoms with E-state index in [9.17, 15) is 19.5 Å². The lowest BCUT2D eigenvalue weighted by atomic mass is 9.95. The zero-order valence-electron chi connectivity index (χ0n) is 21.3. The maximum atomic E-state index is 13.8. The Balaban J connectivity index is 1.79. The number of nitrogens with zero attached hydrogens (tertiary/aromatic N) is 2. The van der Waals surface area contributed by atoms with Crippen LogP contribution in [0.2, 0.25) is 0 Å². The van der Waals surface area contributed by atoms with Crippen molar-refractivity contribution in [2.24, 2.45) is 0 Å². The molecule has 1 aromatic heterocycles. The van der Waals surface area contributed by atoms with E-state index in [1.165, 1.54) is 18.9 Å². The van der Waals surface area contributed by atoms with Crippen LogP contribution >= 0.6 is 0 Å². The van der Waals surface area contributed by atoms with Crippen molar-refractivity contribution in [2.75, 3.05) is 33.3 Å². The number of aliphatic hydroxyl groups is 1. The summed E-state index contributed by atoms with van der Waals surface area (Å²) < 4.78 is 16.4. The largest absolute Gasteiger partial charge is 0.503 e. The van der Waals surface area contributed by atoms with Gasteiger partial charge in [-0.3, -0.25) is 14.4 Å². The van der Waals surface area contributed by atoms with Gasteiger partial charge >= 0.3 is 5.97 Å². The molecule has 0 saturated heterocycles. The number of rotatable bonds is 10. The third kappa shape index (κ3) is 5.08. The van der Waals surface area contributed by atoms with Crippen molar-refractivity contribution in [1.29, 1.82) is 0 Å². The molecule has 0 fully saturated rings. The van der Waals surface area contributed by atoms with Crippen LogP contribution in [0.3, 0.4) is 0 Å². The predicted octanol–water partition coefficient (Wildman–Crippen LogP) is 4.29. The smallest absolute Gasteiger partial charge is 0.308 e. The Bertz CT molecular complexity index is 1370. The van der Waals surface area contributed by atoms with Gasteiger partial charge in [0.2, 0.25) is 5.78 Å². The second kappa shape index (κ2) is 10.9. The van der Waals surface area contributed by atoms with Crippen LogP contribution in [-0.4, -0.2) is 65.9 Å². The minimum absolute atomic E-state index is 0.0272. The number of likely N-dealkylation sites (N-methyl/N-ethyl adjacent to an activating group) is 1. The number of ether oxygens (including phenoxy) is 2. The normalized spacial score (nSPS) is 15.6. The highest BCUT2D eigenvalue weighted by molar-refractivity contribution is 6.16. The second-order valence-corrected chi connectivity index (χ2v) is 8.67. The fraction of sp³-hybridized carbons (Fsp3) is 0.321. The molecule has 1 N–H and O–H groups in total. The SMILES string of the molecule is CCN(CC)CCN1C(=O)C(O)=C(C(=O)c2cc3cccc(OC)c3o2)C1c1cccc(OC(C)=O)c1. The number of hydrogen-bond acceptors (Lipinski definition) is 8. The summed E-state index contributed by atoms with van der Waals surface area (Å²) in [6, 6.07) is 12.5. The predicted molar refractivity (Wildman–Crippen MR) is 137 cm³/mol. The van der Waals surface area contributed by atoms with Crippen molar-refractivity contribution in [3.05, 3.63) is 71.2 Å². The molecule has 1 aliphatic rings. The van der Waals surface area contributed by atoms with Crippen molar-refractivity contribution in [1.82, 2.24) is 9.80 Å². The molecule has 9 nitrogen and oxygen atoms in total. The van der Waals surface area contributed by atoms with Crippen molar-refractivity contribution in [3.63, 3.8) is 0 Å². The van der Waals surface area contributed by atoms with Crippen LogP contribution in [0.15, 0.2) is 64.3 Å². The molecule has 9 heteroatoms. The lowest BCUT2D eigenvalue weighted by Crippen LogP contribution is -2.38. The Morgan fingerprint density at radius 2 is 1.84 bits per heavy atom. The van der Waals surface area contributed by atoms with Crippen molar-refractivity contribution >= 4 is 28.6 Å². The second-order valence-electron chi connectivity index (χ2n) is 8.67. The molecule has 0 radical (unpaired) electrons. The summed E-state index contributed by atoms with van der Waals surface area (Å²) in [5, 5.41) is 11.6. The molecule has 0 bridgehead atoms. The number of para-hydroxylation sites is 1. The third-order valence-corrected chi connectivity index (χ3v) is 6.49. The fourth-order valence-electron chi connectivity index (χ4n) is 4.61. The highest BCUT2D eigenvalue weighted by Gasteiger charge is 2.44. The van der Waals surface area contributed by atoms with Gasteiger partial charge in [-0.1, -0.05) is 38.1 Å². The molecule has 3 aromatic rings. The Morgan fingerprint density at radius 3 is 2.51 bits per heavy atom. The first-order valence-electron chi connectivity index (χ1n) is 12.1. The number of fused-ring (bicyclic) bond motifs is 1. The van der Waals surface area contributed by atoms with Crippen molar-refractivity contribution in [2.45, 2.75) is 26.8 Å². The number of aliphatic hydroxyl groups excluding tert-OH is 1. The molecule has 0 aliphatic carbocycles. The molecule has 0 spiro atoms. The van der Waals surface area contributed by atoms with Crippen LogP contribution in [0.5, 0.6) is 11.5 Å². The van der Waals surface area contributed by atoms with E-state index >= 15 is 0 Å². The van der Waals surface area contributed by atoms with E-state index in [1.807, 2.05) is 13.8 Å². The number of esters is 1. The molecule has 1 aliphatic heterocycles. The third-order valence-electron chi connectivity index (χ3n) is 6.49. The number of benzene rings is 2. The minimum Gasteiger partial charge on any atom is -0.503 e. The van der Waals surface area contributed by atoms with Crippen LogP contribution < -0.4 is 9.47 Å². The summed E-state index contributed by atoms with van der Waals surface area (Å²) in [5.41, 5.74) is 0.819. The number of amides is 1. The van der Waals surface area contributed by atoms with E-state index in [0.717, 1.165) is 13.1 Å². The van der Waals surface area contributed by atoms with Gasteiger partial charge in [-0.15, -0.1) is 0 Å². The number of carbonyl (C=O) groups excluding carboxylic acids is 3. The van der Waals surface area contributed by atoms with Gasteiger partial charge < -0.3 is 28.8 Å². The first-order valence-corrected chi connectivity index (χ1v) is 12.1. The van der Waals surface area contributed by atoms with Gasteiger partial charge in [0.25, 0.3) is 5.91 Å². The summed E-state index contributed by atoms with van der Waals surface area (Å²) in [6.07, 6.45) is 0. The lowest BCUT2D eigenvalue weighted by Gasteiger charge is -2.29. The maximum absolute atomic E-state index is 13.8. The summed E-state index contributed by atoms with van der Waals surface area (Å²) in [6.45, 7) is 7.74. The van der Waals surface area contributed by atoms with Gasteiger partial charge in [0.15, 0.2) is 22.9 Å². The molecule has 194 valence electrons. The topological polar surface area (TPSA) is 110 Å². The van der Waals surface area contributed by atoms with E-state index < -0.39 is 29.5 Å². The molecule has 2 heterocycles. The summed E-state index contributed by atoms with van der Waals surface area (Å²) in [7, 11) is 1.50. The van der Waals surface area contributed by atoms with Crippen molar-refractivity contribution < 1.29 is 33.4 Å². The van der Waals surface area contributed by atoms with Crippen LogP contribution in [0.25, 0.3) is 11.0 Å². The summed E-state index contributed by atoms with van der Waals surface area (Å²) in [4.78, 5) is 42.2. The first-order chi connectivity index (χ1) is 17.8. The Hall–Kier alpha value is -4.11. The van der Waals surface area contributed by atoms with E-state index in [1.54, 1.807) is 48.5 Å². The standard InChI is InChI=1S/C28H30N2O7/c1-5-29(6-2)13-14-30-24(18-9-7-11-20(15-18)36-17(3)31)23(26(33)28(30)34)25(32)22-16-19-10-8-12-21(35-4)27(19)37-22/h7-12,15-16,24,33H,5-6,13-14H2,1-4H3. The Labute approximate surface area is 214 Å². The molecule has 2 aromatic carbocycles. The lowest BCUT2D eigenvalue weighted by molar-refractivity contribution is -0.132. The molecule has 0 saturated carbocycles. The van der Waals surface area contributed by atoms with Crippen LogP contribution in [0.4, 0.5) is 0 Å². The molecule has 1 atom stereocenters. The van der Waals surface area contributed by atoms with Gasteiger partial charge in [-0.25, -0.2) is 0 Å². The number of hydrogen-bond donors (Lipinski definition) is 1. The number of carbonyl (C=O) groups is 3. The molecular weight excluding hydrogens is 476 g/mol. The van der Waals surface area contributed by atoms with E-state index in [2.05, 4.69) is 4.90 Å². The first kappa shape index (κ1) is 26.0.